The van der Waals surface area contributed by atoms with E-state index >= 15 is 0 Å². The highest BCUT2D eigenvalue weighted by molar-refractivity contribution is 5.63. The molecule has 88 valence electrons. The lowest BCUT2D eigenvalue weighted by Crippen LogP contribution is -2.55. The standard InChI is InChI=1S/C11H22N2O2/c1-11(2,3)8-13(10(14)15)9-5-4-6-12-7-9/h9,12H,4-8H2,1-3H3,(H,14,15)/p-1/t9-/m1/s1. The molecule has 1 N–H and O–H groups in total. The smallest absolute Gasteiger partial charge is 0.137 e. The van der Waals surface area contributed by atoms with Gasteiger partial charge in [-0.1, -0.05) is 20.8 Å². The van der Waals surface area contributed by atoms with E-state index in [9.17, 15) is 9.90 Å². The van der Waals surface area contributed by atoms with Gasteiger partial charge in [-0.25, -0.2) is 0 Å². The number of nitrogens with zero attached hydrogens (tertiary/aromatic N) is 1. The number of rotatable bonds is 2. The van der Waals surface area contributed by atoms with Crippen molar-refractivity contribution in [3.05, 3.63) is 0 Å². The molecule has 1 aliphatic rings. The summed E-state index contributed by atoms with van der Waals surface area (Å²) in [4.78, 5) is 12.5. The third kappa shape index (κ3) is 4.08. The SMILES string of the molecule is CC(C)(C)CN(C(=O)[O-])[C@@H]1CCCNC1. The first-order valence-electron chi connectivity index (χ1n) is 5.58. The summed E-state index contributed by atoms with van der Waals surface area (Å²) in [7, 11) is 0. The number of carbonyl (C=O) groups excluding carboxylic acids is 1. The zero-order valence-corrected chi connectivity index (χ0v) is 9.88. The molecule has 4 heteroatoms. The topological polar surface area (TPSA) is 55.4 Å². The number of piperidine rings is 1. The van der Waals surface area contributed by atoms with E-state index in [1.54, 1.807) is 0 Å². The molecule has 1 rings (SSSR count). The van der Waals surface area contributed by atoms with Gasteiger partial charge in [-0.05, 0) is 24.8 Å². The van der Waals surface area contributed by atoms with Crippen LogP contribution in [-0.4, -0.2) is 36.7 Å². The van der Waals surface area contributed by atoms with Crippen LogP contribution in [0.2, 0.25) is 0 Å². The van der Waals surface area contributed by atoms with Crippen LogP contribution < -0.4 is 10.4 Å². The first-order valence-corrected chi connectivity index (χ1v) is 5.58. The van der Waals surface area contributed by atoms with Crippen LogP contribution in [0.1, 0.15) is 33.6 Å². The lowest BCUT2D eigenvalue weighted by atomic mass is 9.94. The summed E-state index contributed by atoms with van der Waals surface area (Å²) in [5, 5.41) is 14.3. The fourth-order valence-electron chi connectivity index (χ4n) is 1.95. The Balaban J connectivity index is 2.60. The molecule has 0 saturated carbocycles. The van der Waals surface area contributed by atoms with Gasteiger partial charge in [0.1, 0.15) is 6.09 Å². The van der Waals surface area contributed by atoms with Gasteiger partial charge in [0.05, 0.1) is 0 Å². The Hall–Kier alpha value is -0.770. The summed E-state index contributed by atoms with van der Waals surface area (Å²) in [6.45, 7) is 8.41. The molecule has 1 fully saturated rings. The van der Waals surface area contributed by atoms with Crippen molar-refractivity contribution in [2.75, 3.05) is 19.6 Å². The number of amides is 1. The minimum absolute atomic E-state index is 0.0164. The summed E-state index contributed by atoms with van der Waals surface area (Å²) >= 11 is 0. The number of carbonyl (C=O) groups is 1. The first kappa shape index (κ1) is 12.3. The molecule has 1 saturated heterocycles. The molecule has 0 unspecified atom stereocenters. The summed E-state index contributed by atoms with van der Waals surface area (Å²) in [5.41, 5.74) is -0.0164. The normalized spacial score (nSPS) is 22.5. The third-order valence-electron chi connectivity index (χ3n) is 2.59. The monoisotopic (exact) mass is 213 g/mol. The number of hydrogen-bond acceptors (Lipinski definition) is 3. The van der Waals surface area contributed by atoms with Crippen molar-refractivity contribution in [1.29, 1.82) is 0 Å². The third-order valence-corrected chi connectivity index (χ3v) is 2.59. The largest absolute Gasteiger partial charge is 0.530 e. The minimum Gasteiger partial charge on any atom is -0.530 e. The van der Waals surface area contributed by atoms with Crippen LogP contribution in [0.25, 0.3) is 0 Å². The van der Waals surface area contributed by atoms with E-state index in [2.05, 4.69) is 5.32 Å². The summed E-state index contributed by atoms with van der Waals surface area (Å²) in [6.07, 6.45) is 0.939. The Kier molecular flexibility index (Phi) is 3.97. The maximum atomic E-state index is 11.1. The Bertz CT molecular complexity index is 217. The van der Waals surface area contributed by atoms with Gasteiger partial charge in [0.2, 0.25) is 0 Å². The molecule has 0 radical (unpaired) electrons. The predicted molar refractivity (Wildman–Crippen MR) is 57.4 cm³/mol. The van der Waals surface area contributed by atoms with Crippen molar-refractivity contribution in [1.82, 2.24) is 10.2 Å². The van der Waals surface area contributed by atoms with Crippen molar-refractivity contribution >= 4 is 6.09 Å². The molecule has 0 aromatic heterocycles. The molecular formula is C11H21N2O2-. The molecule has 0 spiro atoms. The first-order chi connectivity index (χ1) is 6.90. The van der Waals surface area contributed by atoms with Crippen molar-refractivity contribution < 1.29 is 9.90 Å². The minimum atomic E-state index is -1.04. The molecule has 1 amide bonds. The van der Waals surface area contributed by atoms with Gasteiger partial charge in [0.15, 0.2) is 0 Å². The van der Waals surface area contributed by atoms with Crippen LogP contribution in [0.5, 0.6) is 0 Å². The summed E-state index contributed by atoms with van der Waals surface area (Å²) in [5.74, 6) is 0. The maximum Gasteiger partial charge on any atom is 0.137 e. The van der Waals surface area contributed by atoms with Gasteiger partial charge in [0.25, 0.3) is 0 Å². The second kappa shape index (κ2) is 4.84. The highest BCUT2D eigenvalue weighted by Gasteiger charge is 2.24. The lowest BCUT2D eigenvalue weighted by molar-refractivity contribution is -0.269. The second-order valence-corrected chi connectivity index (χ2v) is 5.45. The highest BCUT2D eigenvalue weighted by Crippen LogP contribution is 2.19. The molecule has 0 aromatic rings. The van der Waals surface area contributed by atoms with Crippen LogP contribution in [0.4, 0.5) is 4.79 Å². The van der Waals surface area contributed by atoms with E-state index in [1.807, 2.05) is 20.8 Å². The van der Waals surface area contributed by atoms with Crippen molar-refractivity contribution in [3.8, 4) is 0 Å². The van der Waals surface area contributed by atoms with Crippen LogP contribution in [0.3, 0.4) is 0 Å². The van der Waals surface area contributed by atoms with E-state index in [-0.39, 0.29) is 11.5 Å². The van der Waals surface area contributed by atoms with E-state index in [4.69, 9.17) is 0 Å². The fraction of sp³-hybridized carbons (Fsp3) is 0.909. The molecule has 1 aliphatic heterocycles. The number of carboxylic acid groups (broad SMARTS) is 1. The molecule has 1 atom stereocenters. The molecule has 15 heavy (non-hydrogen) atoms. The van der Waals surface area contributed by atoms with Gasteiger partial charge in [-0.15, -0.1) is 0 Å². The Labute approximate surface area is 91.6 Å². The molecule has 0 bridgehead atoms. The zero-order valence-electron chi connectivity index (χ0n) is 9.88. The van der Waals surface area contributed by atoms with Crippen LogP contribution in [0, 0.1) is 5.41 Å². The fourth-order valence-corrected chi connectivity index (χ4v) is 1.95. The molecule has 0 aliphatic carbocycles. The van der Waals surface area contributed by atoms with Crippen LogP contribution in [-0.2, 0) is 0 Å². The van der Waals surface area contributed by atoms with E-state index in [1.165, 1.54) is 4.90 Å². The molecule has 0 aromatic carbocycles. The summed E-state index contributed by atoms with van der Waals surface area (Å²) < 4.78 is 0. The number of nitrogens with one attached hydrogen (secondary N) is 1. The average Bonchev–Trinajstić information content (AvgIpc) is 2.14. The quantitative estimate of drug-likeness (QED) is 0.723. The van der Waals surface area contributed by atoms with E-state index < -0.39 is 6.09 Å². The number of hydrogen-bond donors (Lipinski definition) is 1. The Morgan fingerprint density at radius 2 is 2.20 bits per heavy atom. The molecular weight excluding hydrogens is 192 g/mol. The lowest BCUT2D eigenvalue weighted by Gasteiger charge is -2.40. The van der Waals surface area contributed by atoms with Gasteiger partial charge in [-0.2, -0.15) is 0 Å². The van der Waals surface area contributed by atoms with Crippen LogP contribution >= 0.6 is 0 Å². The van der Waals surface area contributed by atoms with Gasteiger partial charge in [-0.3, -0.25) is 0 Å². The van der Waals surface area contributed by atoms with E-state index in [0.29, 0.717) is 6.54 Å². The Morgan fingerprint density at radius 1 is 1.53 bits per heavy atom. The van der Waals surface area contributed by atoms with E-state index in [0.717, 1.165) is 25.9 Å². The van der Waals surface area contributed by atoms with Crippen molar-refractivity contribution in [3.63, 3.8) is 0 Å². The maximum absolute atomic E-state index is 11.1. The average molecular weight is 213 g/mol. The van der Waals surface area contributed by atoms with Gasteiger partial charge >= 0.3 is 0 Å². The summed E-state index contributed by atoms with van der Waals surface area (Å²) in [6, 6.07) is 0.0861. The second-order valence-electron chi connectivity index (χ2n) is 5.45. The van der Waals surface area contributed by atoms with Crippen molar-refractivity contribution in [2.24, 2.45) is 5.41 Å². The predicted octanol–water partition coefficient (Wildman–Crippen LogP) is 0.430. The zero-order chi connectivity index (χ0) is 11.5. The van der Waals surface area contributed by atoms with Crippen LogP contribution in [0.15, 0.2) is 0 Å². The van der Waals surface area contributed by atoms with Gasteiger partial charge < -0.3 is 20.1 Å². The highest BCUT2D eigenvalue weighted by atomic mass is 16.4. The molecule has 4 nitrogen and oxygen atoms in total. The van der Waals surface area contributed by atoms with Gasteiger partial charge in [0, 0.05) is 19.1 Å². The Morgan fingerprint density at radius 3 is 2.60 bits per heavy atom. The van der Waals surface area contributed by atoms with Crippen molar-refractivity contribution in [2.45, 2.75) is 39.7 Å². The molecule has 1 heterocycles.